The molecule has 0 fully saturated rings. The van der Waals surface area contributed by atoms with Crippen molar-refractivity contribution in [1.29, 1.82) is 0 Å². The molecule has 0 bridgehead atoms. The van der Waals surface area contributed by atoms with E-state index >= 15 is 0 Å². The molecule has 3 rings (SSSR count). The number of aliphatic carboxylic acids is 1. The number of aryl methyl sites for hydroxylation is 1. The normalized spacial score (nSPS) is 12.2. The molecule has 0 aliphatic carbocycles. The minimum absolute atomic E-state index is 0.0113. The van der Waals surface area contributed by atoms with Crippen LogP contribution in [0.5, 0.6) is 0 Å². The maximum Gasteiger partial charge on any atom is 0.306 e. The Morgan fingerprint density at radius 3 is 2.50 bits per heavy atom. The van der Waals surface area contributed by atoms with Gasteiger partial charge in [0.05, 0.1) is 10.8 Å². The third-order valence-electron chi connectivity index (χ3n) is 5.33. The summed E-state index contributed by atoms with van der Waals surface area (Å²) in [4.78, 5) is 23.0. The zero-order valence-electron chi connectivity index (χ0n) is 15.9. The van der Waals surface area contributed by atoms with Crippen LogP contribution in [0.4, 0.5) is 5.69 Å². The topological polar surface area (TPSA) is 111 Å². The second-order valence-corrected chi connectivity index (χ2v) is 6.92. The van der Waals surface area contributed by atoms with Crippen LogP contribution in [0.25, 0.3) is 22.0 Å². The lowest BCUT2D eigenvalue weighted by atomic mass is 9.91. The molecular weight excluding hydrogens is 358 g/mol. The largest absolute Gasteiger partial charge is 0.481 e. The second kappa shape index (κ2) is 7.82. The van der Waals surface area contributed by atoms with Gasteiger partial charge in [-0.15, -0.1) is 0 Å². The van der Waals surface area contributed by atoms with E-state index in [1.165, 1.54) is 6.07 Å². The van der Waals surface area contributed by atoms with Crippen LogP contribution in [0.2, 0.25) is 0 Å². The van der Waals surface area contributed by atoms with Crippen molar-refractivity contribution in [2.75, 3.05) is 6.54 Å². The van der Waals surface area contributed by atoms with Crippen LogP contribution < -0.4 is 5.73 Å². The number of carboxylic acids is 1. The van der Waals surface area contributed by atoms with Gasteiger partial charge in [0.1, 0.15) is 5.52 Å². The molecule has 0 spiro atoms. The highest BCUT2D eigenvalue weighted by Gasteiger charge is 2.27. The molecule has 0 saturated carbocycles. The zero-order valence-corrected chi connectivity index (χ0v) is 15.9. The zero-order chi connectivity index (χ0) is 20.4. The predicted molar refractivity (Wildman–Crippen MR) is 108 cm³/mol. The number of nitrogens with zero attached hydrogens (tertiary/aromatic N) is 2. The van der Waals surface area contributed by atoms with Crippen LogP contribution in [-0.2, 0) is 18.3 Å². The van der Waals surface area contributed by atoms with Crippen LogP contribution in [-0.4, -0.2) is 27.1 Å². The standard InChI is InChI=1S/C21H23N3O4/c1-13-17(12-15(10-11-22)21(25)26)19-16(14-6-4-3-5-7-14)8-9-18(24(27)28)20(19)23(13)2/h3-9,15H,10-12,22H2,1-2H3,(H,25,26). The molecule has 1 aromatic heterocycles. The van der Waals surface area contributed by atoms with Crippen molar-refractivity contribution in [3.63, 3.8) is 0 Å². The molecule has 1 atom stereocenters. The maximum atomic E-state index is 11.7. The highest BCUT2D eigenvalue weighted by molar-refractivity contribution is 6.03. The number of carbonyl (C=O) groups is 1. The van der Waals surface area contributed by atoms with Crippen LogP contribution in [0.1, 0.15) is 17.7 Å². The molecule has 0 saturated heterocycles. The smallest absolute Gasteiger partial charge is 0.306 e. The van der Waals surface area contributed by atoms with Crippen molar-refractivity contribution in [1.82, 2.24) is 4.57 Å². The predicted octanol–water partition coefficient (Wildman–Crippen LogP) is 3.65. The van der Waals surface area contributed by atoms with Crippen LogP contribution in [0, 0.1) is 23.0 Å². The van der Waals surface area contributed by atoms with Crippen molar-refractivity contribution in [2.24, 2.45) is 18.7 Å². The fourth-order valence-electron chi connectivity index (χ4n) is 3.79. The minimum atomic E-state index is -0.909. The molecule has 0 radical (unpaired) electrons. The summed E-state index contributed by atoms with van der Waals surface area (Å²) < 4.78 is 1.79. The quantitative estimate of drug-likeness (QED) is 0.479. The molecule has 0 amide bonds. The van der Waals surface area contributed by atoms with E-state index in [1.54, 1.807) is 17.7 Å². The summed E-state index contributed by atoms with van der Waals surface area (Å²) in [5, 5.41) is 22.0. The van der Waals surface area contributed by atoms with Gasteiger partial charge >= 0.3 is 5.97 Å². The maximum absolute atomic E-state index is 11.7. The molecule has 28 heavy (non-hydrogen) atoms. The van der Waals surface area contributed by atoms with Crippen LogP contribution in [0.3, 0.4) is 0 Å². The van der Waals surface area contributed by atoms with Crippen LogP contribution >= 0.6 is 0 Å². The van der Waals surface area contributed by atoms with Crippen molar-refractivity contribution < 1.29 is 14.8 Å². The van der Waals surface area contributed by atoms with Gasteiger partial charge in [-0.3, -0.25) is 14.9 Å². The number of hydrogen-bond acceptors (Lipinski definition) is 4. The summed E-state index contributed by atoms with van der Waals surface area (Å²) in [6.45, 7) is 2.14. The second-order valence-electron chi connectivity index (χ2n) is 6.92. The van der Waals surface area contributed by atoms with Gasteiger partial charge in [0.2, 0.25) is 0 Å². The summed E-state index contributed by atoms with van der Waals surface area (Å²) in [5.74, 6) is -1.55. The van der Waals surface area contributed by atoms with Crippen molar-refractivity contribution in [3.05, 3.63) is 63.8 Å². The highest BCUT2D eigenvalue weighted by Crippen LogP contribution is 2.40. The molecule has 1 unspecified atom stereocenters. The minimum Gasteiger partial charge on any atom is -0.481 e. The Kier molecular flexibility index (Phi) is 5.46. The molecule has 7 nitrogen and oxygen atoms in total. The summed E-state index contributed by atoms with van der Waals surface area (Å²) in [6, 6.07) is 12.9. The van der Waals surface area contributed by atoms with Crippen molar-refractivity contribution >= 4 is 22.6 Å². The summed E-state index contributed by atoms with van der Waals surface area (Å²) >= 11 is 0. The Balaban J connectivity index is 2.34. The van der Waals surface area contributed by atoms with E-state index < -0.39 is 16.8 Å². The lowest BCUT2D eigenvalue weighted by molar-refractivity contribution is -0.383. The first-order valence-corrected chi connectivity index (χ1v) is 9.10. The average molecular weight is 381 g/mol. The fraction of sp³-hybridized carbons (Fsp3) is 0.286. The van der Waals surface area contributed by atoms with E-state index in [2.05, 4.69) is 0 Å². The lowest BCUT2D eigenvalue weighted by Gasteiger charge is -2.13. The molecule has 7 heteroatoms. The summed E-state index contributed by atoms with van der Waals surface area (Å²) in [5.41, 5.74) is 9.56. The SMILES string of the molecule is Cc1c(CC(CCN)C(=O)O)c2c(-c3ccccc3)ccc([N+](=O)[O-])c2n1C. The Morgan fingerprint density at radius 1 is 1.25 bits per heavy atom. The number of rotatable bonds is 7. The Hall–Kier alpha value is -3.19. The third kappa shape index (κ3) is 3.36. The van der Waals surface area contributed by atoms with E-state index in [1.807, 2.05) is 37.3 Å². The molecule has 1 heterocycles. The van der Waals surface area contributed by atoms with E-state index in [0.29, 0.717) is 11.9 Å². The molecular formula is C21H23N3O4. The first kappa shape index (κ1) is 19.6. The van der Waals surface area contributed by atoms with Gasteiger partial charge in [-0.25, -0.2) is 0 Å². The highest BCUT2D eigenvalue weighted by atomic mass is 16.6. The molecule has 0 aliphatic rings. The van der Waals surface area contributed by atoms with Gasteiger partial charge in [0.15, 0.2) is 0 Å². The van der Waals surface area contributed by atoms with E-state index in [-0.39, 0.29) is 18.7 Å². The van der Waals surface area contributed by atoms with E-state index in [4.69, 9.17) is 5.73 Å². The number of nitrogens with two attached hydrogens (primary N) is 1. The number of non-ortho nitro benzene ring substituents is 1. The number of benzene rings is 2. The van der Waals surface area contributed by atoms with Crippen molar-refractivity contribution in [3.8, 4) is 11.1 Å². The number of hydrogen-bond donors (Lipinski definition) is 2. The summed E-state index contributed by atoms with van der Waals surface area (Å²) in [7, 11) is 1.78. The van der Waals surface area contributed by atoms with Crippen molar-refractivity contribution in [2.45, 2.75) is 19.8 Å². The number of fused-ring (bicyclic) bond motifs is 1. The Morgan fingerprint density at radius 2 is 1.93 bits per heavy atom. The molecule has 3 N–H and O–H groups in total. The molecule has 146 valence electrons. The number of aromatic nitrogens is 1. The number of nitro benzene ring substituents is 1. The van der Waals surface area contributed by atoms with Gasteiger partial charge in [0.25, 0.3) is 5.69 Å². The number of nitro groups is 1. The van der Waals surface area contributed by atoms with E-state index in [0.717, 1.165) is 27.8 Å². The first-order valence-electron chi connectivity index (χ1n) is 9.10. The molecule has 3 aromatic rings. The first-order chi connectivity index (χ1) is 13.4. The monoisotopic (exact) mass is 381 g/mol. The third-order valence-corrected chi connectivity index (χ3v) is 5.33. The van der Waals surface area contributed by atoms with Gasteiger partial charge in [-0.1, -0.05) is 30.3 Å². The molecule has 0 aliphatic heterocycles. The van der Waals surface area contributed by atoms with Gasteiger partial charge in [0, 0.05) is 24.2 Å². The molecule has 2 aromatic carbocycles. The fourth-order valence-corrected chi connectivity index (χ4v) is 3.79. The van der Waals surface area contributed by atoms with Gasteiger partial charge in [-0.2, -0.15) is 0 Å². The van der Waals surface area contributed by atoms with Crippen LogP contribution in [0.15, 0.2) is 42.5 Å². The van der Waals surface area contributed by atoms with E-state index in [9.17, 15) is 20.0 Å². The average Bonchev–Trinajstić information content (AvgIpc) is 2.93. The Bertz CT molecular complexity index is 1040. The lowest BCUT2D eigenvalue weighted by Crippen LogP contribution is -2.20. The number of carboxylic acid groups (broad SMARTS) is 1. The van der Waals surface area contributed by atoms with Gasteiger partial charge < -0.3 is 15.4 Å². The van der Waals surface area contributed by atoms with Gasteiger partial charge in [-0.05, 0) is 49.1 Å². The summed E-state index contributed by atoms with van der Waals surface area (Å²) in [6.07, 6.45) is 0.622. The Labute approximate surface area is 162 Å².